The zero-order valence-electron chi connectivity index (χ0n) is 24.1. The lowest BCUT2D eigenvalue weighted by Gasteiger charge is -2.61. The molecule has 224 valence electrons. The second kappa shape index (κ2) is 11.5. The van der Waals surface area contributed by atoms with Crippen LogP contribution >= 0.6 is 11.6 Å². The first kappa shape index (κ1) is 31.1. The zero-order chi connectivity index (χ0) is 29.5. The number of esters is 1. The van der Waals surface area contributed by atoms with Gasteiger partial charge in [0.1, 0.15) is 25.2 Å². The molecule has 0 radical (unpaired) electrons. The van der Waals surface area contributed by atoms with Crippen molar-refractivity contribution in [1.29, 1.82) is 0 Å². The minimum absolute atomic E-state index is 0.126. The second-order valence-corrected chi connectivity index (χ2v) is 13.2. The summed E-state index contributed by atoms with van der Waals surface area (Å²) in [7, 11) is 0. The molecule has 2 fully saturated rings. The van der Waals surface area contributed by atoms with Crippen LogP contribution in [-0.4, -0.2) is 72.5 Å². The molecule has 0 aromatic rings. The molecule has 0 bridgehead atoms. The van der Waals surface area contributed by atoms with E-state index in [9.17, 15) is 19.5 Å². The molecule has 0 amide bonds. The highest BCUT2D eigenvalue weighted by molar-refractivity contribution is 6.17. The maximum atomic E-state index is 17.6. The topological polar surface area (TPSA) is 108 Å². The van der Waals surface area contributed by atoms with E-state index >= 15 is 4.39 Å². The third kappa shape index (κ3) is 5.63. The van der Waals surface area contributed by atoms with E-state index < -0.39 is 40.3 Å². The Kier molecular flexibility index (Phi) is 8.92. The van der Waals surface area contributed by atoms with E-state index in [0.717, 1.165) is 6.29 Å². The molecule has 0 saturated heterocycles. The van der Waals surface area contributed by atoms with Gasteiger partial charge in [-0.25, -0.2) is 4.39 Å². The highest BCUT2D eigenvalue weighted by Crippen LogP contribution is 2.69. The number of allylic oxidation sites excluding steroid dienone is 4. The van der Waals surface area contributed by atoms with Crippen LogP contribution in [0.2, 0.25) is 0 Å². The number of rotatable bonds is 11. The zero-order valence-corrected chi connectivity index (χ0v) is 24.9. The van der Waals surface area contributed by atoms with E-state index in [1.54, 1.807) is 19.9 Å². The normalized spacial score (nSPS) is 37.1. The third-order valence-electron chi connectivity index (χ3n) is 9.65. The summed E-state index contributed by atoms with van der Waals surface area (Å²) < 4.78 is 40.1. The fraction of sp³-hybridized carbons (Fsp3) is 0.767. The van der Waals surface area contributed by atoms with Crippen LogP contribution in [0.1, 0.15) is 73.1 Å². The van der Waals surface area contributed by atoms with Crippen molar-refractivity contribution in [2.45, 2.75) is 96.8 Å². The van der Waals surface area contributed by atoms with E-state index in [1.165, 1.54) is 6.92 Å². The van der Waals surface area contributed by atoms with Gasteiger partial charge in [0.25, 0.3) is 0 Å². The molecule has 4 aliphatic carbocycles. The number of Topliss-reactive ketones (excluding diaryl/α,β-unsaturated/α-hetero) is 1. The quantitative estimate of drug-likeness (QED) is 0.162. The van der Waals surface area contributed by atoms with Gasteiger partial charge in [0.2, 0.25) is 0 Å². The Morgan fingerprint density at radius 1 is 1.23 bits per heavy atom. The van der Waals surface area contributed by atoms with Crippen molar-refractivity contribution in [2.24, 2.45) is 22.7 Å². The van der Waals surface area contributed by atoms with Crippen LogP contribution < -0.4 is 0 Å². The largest absolute Gasteiger partial charge is 0.497 e. The molecule has 2 saturated carbocycles. The highest BCUT2D eigenvalue weighted by atomic mass is 35.5. The van der Waals surface area contributed by atoms with E-state index in [2.05, 4.69) is 6.92 Å². The van der Waals surface area contributed by atoms with E-state index in [0.29, 0.717) is 55.1 Å². The number of halogens is 2. The molecule has 1 N–H and O–H groups in total. The monoisotopic (exact) mass is 584 g/mol. The molecule has 0 aromatic heterocycles. The fourth-order valence-corrected chi connectivity index (χ4v) is 7.97. The molecular formula is C30H42ClFO8. The molecule has 7 atom stereocenters. The van der Waals surface area contributed by atoms with E-state index in [1.807, 2.05) is 6.92 Å². The van der Waals surface area contributed by atoms with Gasteiger partial charge in [-0.2, -0.15) is 0 Å². The molecular weight excluding hydrogens is 543 g/mol. The molecule has 4 rings (SSSR count). The van der Waals surface area contributed by atoms with Crippen LogP contribution in [0, 0.1) is 22.7 Å². The Morgan fingerprint density at radius 3 is 2.60 bits per heavy atom. The minimum atomic E-state index is -1.92. The standard InChI is InChI=1S/C30H42ClFO8/c1-18(34)38-16-20(35)17-39-27(2,3)40-22-12-24-25-10-19(15-33)23-11-21(37-9-8-31)6-7-29(23,5)30(25,32)26(36)14-28(24,4)13-22/h11,15,22,24-26,36H,6-10,12-14,16-17H2,1-5H3. The molecule has 0 aliphatic heterocycles. The Bertz CT molecular complexity index is 1090. The molecule has 0 spiro atoms. The van der Waals surface area contributed by atoms with Crippen molar-refractivity contribution in [1.82, 2.24) is 0 Å². The number of hydrogen-bond acceptors (Lipinski definition) is 8. The number of hydrogen-bond donors (Lipinski definition) is 1. The second-order valence-electron chi connectivity index (χ2n) is 12.8. The summed E-state index contributed by atoms with van der Waals surface area (Å²) in [5, 5.41) is 11.5. The van der Waals surface area contributed by atoms with Gasteiger partial charge < -0.3 is 24.1 Å². The highest BCUT2D eigenvalue weighted by Gasteiger charge is 2.70. The first-order valence-electron chi connectivity index (χ1n) is 14.1. The lowest BCUT2D eigenvalue weighted by atomic mass is 9.45. The Balaban J connectivity index is 1.55. The summed E-state index contributed by atoms with van der Waals surface area (Å²) >= 11 is 5.78. The number of aliphatic hydroxyl groups is 1. The van der Waals surface area contributed by atoms with Gasteiger partial charge in [0, 0.05) is 24.7 Å². The maximum Gasteiger partial charge on any atom is 0.303 e. The maximum absolute atomic E-state index is 17.6. The Labute approximate surface area is 240 Å². The minimum Gasteiger partial charge on any atom is -0.497 e. The average molecular weight is 585 g/mol. The van der Waals surface area contributed by atoms with Gasteiger partial charge in [-0.3, -0.25) is 14.4 Å². The van der Waals surface area contributed by atoms with Crippen LogP contribution in [0.5, 0.6) is 0 Å². The summed E-state index contributed by atoms with van der Waals surface area (Å²) in [5.74, 6) is -1.71. The van der Waals surface area contributed by atoms with Gasteiger partial charge >= 0.3 is 5.97 Å². The van der Waals surface area contributed by atoms with Crippen LogP contribution in [0.4, 0.5) is 4.39 Å². The number of aldehydes is 1. The Hall–Kier alpha value is -1.81. The summed E-state index contributed by atoms with van der Waals surface area (Å²) in [5.41, 5.74) is -2.17. The van der Waals surface area contributed by atoms with Crippen molar-refractivity contribution < 1.29 is 42.8 Å². The molecule has 8 nitrogen and oxygen atoms in total. The molecule has 40 heavy (non-hydrogen) atoms. The molecule has 0 heterocycles. The smallest absolute Gasteiger partial charge is 0.303 e. The first-order valence-corrected chi connectivity index (χ1v) is 14.6. The number of carbonyl (C=O) groups excluding carboxylic acids is 3. The van der Waals surface area contributed by atoms with E-state index in [-0.39, 0.29) is 43.9 Å². The Morgan fingerprint density at radius 2 is 1.95 bits per heavy atom. The van der Waals surface area contributed by atoms with Crippen molar-refractivity contribution in [3.8, 4) is 0 Å². The third-order valence-corrected chi connectivity index (χ3v) is 9.81. The van der Waals surface area contributed by atoms with Crippen molar-refractivity contribution >= 4 is 29.6 Å². The number of ketones is 1. The SMILES string of the molecule is CC(=O)OCC(=O)COC(C)(C)OC1CC2C3CC(C=O)=C4C=C(OCCCl)CCC4(C)C3(F)C(O)CC2(C)C1. The number of alkyl halides is 2. The molecule has 0 aromatic carbocycles. The van der Waals surface area contributed by atoms with Gasteiger partial charge in [-0.1, -0.05) is 13.8 Å². The lowest BCUT2D eigenvalue weighted by molar-refractivity contribution is -0.235. The predicted molar refractivity (Wildman–Crippen MR) is 145 cm³/mol. The molecule has 4 aliphatic rings. The van der Waals surface area contributed by atoms with Crippen LogP contribution in [0.25, 0.3) is 0 Å². The van der Waals surface area contributed by atoms with Gasteiger partial charge in [-0.05, 0) is 74.5 Å². The predicted octanol–water partition coefficient (Wildman–Crippen LogP) is 4.60. The lowest BCUT2D eigenvalue weighted by Crippen LogP contribution is -2.66. The molecule has 10 heteroatoms. The van der Waals surface area contributed by atoms with Gasteiger partial charge in [0.05, 0.1) is 23.8 Å². The van der Waals surface area contributed by atoms with Crippen molar-refractivity contribution in [3.05, 3.63) is 23.0 Å². The average Bonchev–Trinajstić information content (AvgIpc) is 3.20. The summed E-state index contributed by atoms with van der Waals surface area (Å²) in [6, 6.07) is 0. The van der Waals surface area contributed by atoms with E-state index in [4.69, 9.17) is 30.5 Å². The van der Waals surface area contributed by atoms with Crippen LogP contribution in [0.15, 0.2) is 23.0 Å². The van der Waals surface area contributed by atoms with Crippen molar-refractivity contribution in [2.75, 3.05) is 25.7 Å². The number of aliphatic hydroxyl groups excluding tert-OH is 1. The number of fused-ring (bicyclic) bond motifs is 5. The van der Waals surface area contributed by atoms with Crippen LogP contribution in [-0.2, 0) is 33.3 Å². The van der Waals surface area contributed by atoms with Gasteiger partial charge in [0.15, 0.2) is 18.2 Å². The number of ether oxygens (including phenoxy) is 4. The molecule has 7 unspecified atom stereocenters. The summed E-state index contributed by atoms with van der Waals surface area (Å²) in [6.45, 7) is 8.26. The van der Waals surface area contributed by atoms with Gasteiger partial charge in [-0.15, -0.1) is 11.6 Å². The van der Waals surface area contributed by atoms with Crippen molar-refractivity contribution in [3.63, 3.8) is 0 Å². The van der Waals surface area contributed by atoms with Crippen LogP contribution in [0.3, 0.4) is 0 Å². The first-order chi connectivity index (χ1) is 18.7. The fourth-order valence-electron chi connectivity index (χ4n) is 7.90. The number of carbonyl (C=O) groups is 3. The summed E-state index contributed by atoms with van der Waals surface area (Å²) in [6.07, 6.45) is 3.72. The summed E-state index contributed by atoms with van der Waals surface area (Å²) in [4.78, 5) is 35.3.